The first-order chi connectivity index (χ1) is 9.19. The van der Waals surface area contributed by atoms with Gasteiger partial charge in [0.1, 0.15) is 0 Å². The first kappa shape index (κ1) is 13.8. The van der Waals surface area contributed by atoms with E-state index in [1.807, 2.05) is 6.92 Å². The van der Waals surface area contributed by atoms with Gasteiger partial charge < -0.3 is 20.5 Å². The van der Waals surface area contributed by atoms with Crippen LogP contribution in [0.1, 0.15) is 26.7 Å². The van der Waals surface area contributed by atoms with E-state index in [0.717, 1.165) is 26.1 Å². The number of nitrogens with one attached hydrogen (secondary N) is 1. The van der Waals surface area contributed by atoms with Crippen molar-refractivity contribution in [3.8, 4) is 6.01 Å². The minimum absolute atomic E-state index is 0.167. The van der Waals surface area contributed by atoms with Crippen molar-refractivity contribution in [3.05, 3.63) is 0 Å². The molecule has 0 bridgehead atoms. The van der Waals surface area contributed by atoms with Gasteiger partial charge >= 0.3 is 6.01 Å². The molecule has 7 nitrogen and oxygen atoms in total. The van der Waals surface area contributed by atoms with Crippen molar-refractivity contribution in [2.75, 3.05) is 30.9 Å². The number of hydrogen-bond donors (Lipinski definition) is 2. The fourth-order valence-corrected chi connectivity index (χ4v) is 2.17. The van der Waals surface area contributed by atoms with Crippen LogP contribution in [0, 0.1) is 5.92 Å². The van der Waals surface area contributed by atoms with E-state index in [4.69, 9.17) is 15.2 Å². The highest BCUT2D eigenvalue weighted by molar-refractivity contribution is 5.33. The van der Waals surface area contributed by atoms with Crippen molar-refractivity contribution in [2.24, 2.45) is 5.92 Å². The first-order valence-corrected chi connectivity index (χ1v) is 6.67. The summed E-state index contributed by atoms with van der Waals surface area (Å²) < 4.78 is 10.6. The molecule has 3 N–H and O–H groups in total. The molecule has 2 rings (SSSR count). The predicted molar refractivity (Wildman–Crippen MR) is 72.0 cm³/mol. The molecular formula is C12H21N5O2. The molecule has 0 aliphatic carbocycles. The van der Waals surface area contributed by atoms with Gasteiger partial charge in [0.05, 0.1) is 6.61 Å². The van der Waals surface area contributed by atoms with E-state index in [2.05, 4.69) is 27.2 Å². The van der Waals surface area contributed by atoms with Crippen LogP contribution in [-0.4, -0.2) is 40.8 Å². The quantitative estimate of drug-likeness (QED) is 0.824. The molecule has 106 valence electrons. The largest absolute Gasteiger partial charge is 0.464 e. The summed E-state index contributed by atoms with van der Waals surface area (Å²) in [4.78, 5) is 12.2. The van der Waals surface area contributed by atoms with Crippen molar-refractivity contribution < 1.29 is 9.47 Å². The number of anilines is 2. The van der Waals surface area contributed by atoms with Gasteiger partial charge in [0.25, 0.3) is 0 Å². The molecule has 2 heterocycles. The summed E-state index contributed by atoms with van der Waals surface area (Å²) in [6.45, 7) is 6.13. The Kier molecular flexibility index (Phi) is 4.73. The summed E-state index contributed by atoms with van der Waals surface area (Å²) in [5, 5.41) is 3.27. The SMILES string of the molecule is CCOc1nc(N)nc(NC(C)C2CCOCC2)n1. The summed E-state index contributed by atoms with van der Waals surface area (Å²) in [7, 11) is 0. The summed E-state index contributed by atoms with van der Waals surface area (Å²) in [6, 6.07) is 0.525. The molecule has 0 radical (unpaired) electrons. The molecule has 1 atom stereocenters. The van der Waals surface area contributed by atoms with Crippen LogP contribution in [0.2, 0.25) is 0 Å². The Balaban J connectivity index is 2.00. The highest BCUT2D eigenvalue weighted by atomic mass is 16.5. The second kappa shape index (κ2) is 6.51. The summed E-state index contributed by atoms with van der Waals surface area (Å²) in [5.74, 6) is 1.19. The van der Waals surface area contributed by atoms with Gasteiger partial charge in [-0.15, -0.1) is 0 Å². The van der Waals surface area contributed by atoms with Gasteiger partial charge in [-0.05, 0) is 32.6 Å². The number of nitrogen functional groups attached to an aromatic ring is 1. The molecule has 1 saturated heterocycles. The zero-order valence-corrected chi connectivity index (χ0v) is 11.4. The third-order valence-corrected chi connectivity index (χ3v) is 3.24. The molecule has 1 unspecified atom stereocenters. The van der Waals surface area contributed by atoms with E-state index in [9.17, 15) is 0 Å². The molecule has 1 aromatic heterocycles. The maximum Gasteiger partial charge on any atom is 0.323 e. The van der Waals surface area contributed by atoms with E-state index in [1.165, 1.54) is 0 Å². The zero-order chi connectivity index (χ0) is 13.7. The molecule has 1 aromatic rings. The van der Waals surface area contributed by atoms with E-state index >= 15 is 0 Å². The molecule has 1 fully saturated rings. The molecule has 0 aromatic carbocycles. The minimum atomic E-state index is 0.167. The molecule has 0 saturated carbocycles. The second-order valence-electron chi connectivity index (χ2n) is 4.62. The van der Waals surface area contributed by atoms with Crippen molar-refractivity contribution in [1.82, 2.24) is 15.0 Å². The molecule has 0 amide bonds. The smallest absolute Gasteiger partial charge is 0.323 e. The fraction of sp³-hybridized carbons (Fsp3) is 0.750. The predicted octanol–water partition coefficient (Wildman–Crippen LogP) is 1.08. The van der Waals surface area contributed by atoms with Crippen LogP contribution in [0.3, 0.4) is 0 Å². The normalized spacial score (nSPS) is 18.0. The van der Waals surface area contributed by atoms with Gasteiger partial charge in [0, 0.05) is 19.3 Å². The fourth-order valence-electron chi connectivity index (χ4n) is 2.17. The lowest BCUT2D eigenvalue weighted by atomic mass is 9.93. The van der Waals surface area contributed by atoms with E-state index in [1.54, 1.807) is 0 Å². The van der Waals surface area contributed by atoms with Crippen LogP contribution in [0.4, 0.5) is 11.9 Å². The van der Waals surface area contributed by atoms with Gasteiger partial charge in [-0.1, -0.05) is 0 Å². The number of nitrogens with two attached hydrogens (primary N) is 1. The lowest BCUT2D eigenvalue weighted by molar-refractivity contribution is 0.0621. The number of ether oxygens (including phenoxy) is 2. The average molecular weight is 267 g/mol. The van der Waals surface area contributed by atoms with Crippen molar-refractivity contribution in [3.63, 3.8) is 0 Å². The molecule has 0 spiro atoms. The minimum Gasteiger partial charge on any atom is -0.464 e. The average Bonchev–Trinajstić information content (AvgIpc) is 2.39. The second-order valence-corrected chi connectivity index (χ2v) is 4.62. The Bertz CT molecular complexity index is 409. The van der Waals surface area contributed by atoms with Crippen LogP contribution >= 0.6 is 0 Å². The standard InChI is InChI=1S/C12H21N5O2/c1-3-19-12-16-10(13)15-11(17-12)14-8(2)9-4-6-18-7-5-9/h8-9H,3-7H2,1-2H3,(H3,13,14,15,16,17). The van der Waals surface area contributed by atoms with Gasteiger partial charge in [0.15, 0.2) is 0 Å². The Labute approximate surface area is 112 Å². The number of nitrogens with zero attached hydrogens (tertiary/aromatic N) is 3. The van der Waals surface area contributed by atoms with Crippen LogP contribution in [-0.2, 0) is 4.74 Å². The van der Waals surface area contributed by atoms with Gasteiger partial charge in [-0.2, -0.15) is 15.0 Å². The molecular weight excluding hydrogens is 246 g/mol. The van der Waals surface area contributed by atoms with Crippen molar-refractivity contribution >= 4 is 11.9 Å². The maximum atomic E-state index is 5.64. The summed E-state index contributed by atoms with van der Waals surface area (Å²) in [5.41, 5.74) is 5.64. The maximum absolute atomic E-state index is 5.64. The van der Waals surface area contributed by atoms with E-state index < -0.39 is 0 Å². The lowest BCUT2D eigenvalue weighted by Gasteiger charge is -2.28. The van der Waals surface area contributed by atoms with Gasteiger partial charge in [-0.3, -0.25) is 0 Å². The van der Waals surface area contributed by atoms with Crippen LogP contribution in [0.5, 0.6) is 6.01 Å². The monoisotopic (exact) mass is 267 g/mol. The molecule has 1 aliphatic rings. The lowest BCUT2D eigenvalue weighted by Crippen LogP contribution is -2.31. The molecule has 7 heteroatoms. The topological polar surface area (TPSA) is 95.2 Å². The van der Waals surface area contributed by atoms with E-state index in [0.29, 0.717) is 18.5 Å². The Morgan fingerprint density at radius 1 is 1.37 bits per heavy atom. The summed E-state index contributed by atoms with van der Waals surface area (Å²) >= 11 is 0. The third kappa shape index (κ3) is 3.92. The number of hydrogen-bond acceptors (Lipinski definition) is 7. The van der Waals surface area contributed by atoms with Gasteiger partial charge in [-0.25, -0.2) is 0 Å². The van der Waals surface area contributed by atoms with Gasteiger partial charge in [0.2, 0.25) is 11.9 Å². The molecule has 1 aliphatic heterocycles. The Hall–Kier alpha value is -1.63. The van der Waals surface area contributed by atoms with Crippen LogP contribution in [0.25, 0.3) is 0 Å². The summed E-state index contributed by atoms with van der Waals surface area (Å²) in [6.07, 6.45) is 2.10. The number of aromatic nitrogens is 3. The Morgan fingerprint density at radius 2 is 2.11 bits per heavy atom. The third-order valence-electron chi connectivity index (χ3n) is 3.24. The van der Waals surface area contributed by atoms with E-state index in [-0.39, 0.29) is 18.0 Å². The van der Waals surface area contributed by atoms with Crippen molar-refractivity contribution in [1.29, 1.82) is 0 Å². The zero-order valence-electron chi connectivity index (χ0n) is 11.4. The highest BCUT2D eigenvalue weighted by Gasteiger charge is 2.21. The van der Waals surface area contributed by atoms with Crippen LogP contribution in [0.15, 0.2) is 0 Å². The van der Waals surface area contributed by atoms with Crippen molar-refractivity contribution in [2.45, 2.75) is 32.7 Å². The Morgan fingerprint density at radius 3 is 2.79 bits per heavy atom. The van der Waals surface area contributed by atoms with Crippen LogP contribution < -0.4 is 15.8 Å². The first-order valence-electron chi connectivity index (χ1n) is 6.67. The molecule has 19 heavy (non-hydrogen) atoms. The highest BCUT2D eigenvalue weighted by Crippen LogP contribution is 2.21. The number of rotatable bonds is 5.